The van der Waals surface area contributed by atoms with Crippen molar-refractivity contribution in [3.8, 4) is 5.75 Å². The Balaban J connectivity index is 2.42. The van der Waals surface area contributed by atoms with Crippen molar-refractivity contribution in [1.82, 2.24) is 0 Å². The van der Waals surface area contributed by atoms with Gasteiger partial charge in [-0.1, -0.05) is 23.2 Å². The highest BCUT2D eigenvalue weighted by Crippen LogP contribution is 2.29. The number of nitro groups is 1. The molecule has 0 spiro atoms. The normalized spacial score (nSPS) is 11.2. The Labute approximate surface area is 135 Å². The number of anilines is 1. The van der Waals surface area contributed by atoms with Crippen LogP contribution in [-0.2, 0) is 10.1 Å². The number of nitrogens with zero attached hydrogens (tertiary/aromatic N) is 1. The SMILES string of the molecule is Nc1ccc(S(=O)(=O)Oc2cc(Cl)cc(Cl)c2)cc1[N+](=O)[O-]. The van der Waals surface area contributed by atoms with Gasteiger partial charge in [0.2, 0.25) is 0 Å². The predicted molar refractivity (Wildman–Crippen MR) is 81.8 cm³/mol. The van der Waals surface area contributed by atoms with Gasteiger partial charge >= 0.3 is 10.1 Å². The van der Waals surface area contributed by atoms with E-state index in [-0.39, 0.29) is 21.5 Å². The Morgan fingerprint density at radius 3 is 2.23 bits per heavy atom. The van der Waals surface area contributed by atoms with E-state index in [0.29, 0.717) is 0 Å². The fourth-order valence-corrected chi connectivity index (χ4v) is 3.03. The molecule has 2 N–H and O–H groups in total. The first kappa shape index (κ1) is 16.3. The average Bonchev–Trinajstić information content (AvgIpc) is 2.36. The molecule has 0 atom stereocenters. The monoisotopic (exact) mass is 362 g/mol. The summed E-state index contributed by atoms with van der Waals surface area (Å²) >= 11 is 11.5. The Kier molecular flexibility index (Phi) is 4.45. The molecule has 2 aromatic rings. The molecule has 2 aromatic carbocycles. The number of nitrogen functional groups attached to an aromatic ring is 1. The van der Waals surface area contributed by atoms with Gasteiger partial charge in [0.1, 0.15) is 16.3 Å². The molecule has 0 unspecified atom stereocenters. The number of benzene rings is 2. The predicted octanol–water partition coefficient (Wildman–Crippen LogP) is 3.25. The minimum absolute atomic E-state index is 0.114. The molecule has 0 aliphatic carbocycles. The lowest BCUT2D eigenvalue weighted by Gasteiger charge is -2.08. The van der Waals surface area contributed by atoms with Crippen molar-refractivity contribution in [2.75, 3.05) is 5.73 Å². The van der Waals surface area contributed by atoms with E-state index in [2.05, 4.69) is 0 Å². The Hall–Kier alpha value is -2.03. The van der Waals surface area contributed by atoms with Crippen molar-refractivity contribution in [2.24, 2.45) is 0 Å². The van der Waals surface area contributed by atoms with Crippen molar-refractivity contribution in [3.63, 3.8) is 0 Å². The van der Waals surface area contributed by atoms with Gasteiger partial charge in [0.25, 0.3) is 5.69 Å². The molecular weight excluding hydrogens is 355 g/mol. The topological polar surface area (TPSA) is 113 Å². The summed E-state index contributed by atoms with van der Waals surface area (Å²) in [6, 6.07) is 6.92. The van der Waals surface area contributed by atoms with Crippen LogP contribution < -0.4 is 9.92 Å². The van der Waals surface area contributed by atoms with Gasteiger partial charge < -0.3 is 9.92 Å². The molecule has 0 saturated heterocycles. The molecule has 0 aromatic heterocycles. The van der Waals surface area contributed by atoms with Crippen LogP contribution in [0.2, 0.25) is 10.0 Å². The van der Waals surface area contributed by atoms with E-state index in [1.807, 2.05) is 0 Å². The van der Waals surface area contributed by atoms with E-state index in [1.54, 1.807) is 0 Å². The van der Waals surface area contributed by atoms with Gasteiger partial charge in [0.15, 0.2) is 0 Å². The van der Waals surface area contributed by atoms with Crippen LogP contribution >= 0.6 is 23.2 Å². The number of hydrogen-bond acceptors (Lipinski definition) is 6. The van der Waals surface area contributed by atoms with Gasteiger partial charge in [-0.05, 0) is 18.2 Å². The van der Waals surface area contributed by atoms with Crippen LogP contribution in [0.4, 0.5) is 11.4 Å². The molecule has 0 aliphatic heterocycles. The molecule has 0 radical (unpaired) electrons. The van der Waals surface area contributed by atoms with E-state index < -0.39 is 25.6 Å². The first-order chi connectivity index (χ1) is 10.2. The first-order valence-electron chi connectivity index (χ1n) is 5.63. The first-order valence-corrected chi connectivity index (χ1v) is 7.80. The minimum Gasteiger partial charge on any atom is -0.393 e. The van der Waals surface area contributed by atoms with Crippen molar-refractivity contribution in [2.45, 2.75) is 4.90 Å². The zero-order valence-electron chi connectivity index (χ0n) is 10.7. The summed E-state index contributed by atoms with van der Waals surface area (Å²) in [5.74, 6) is -0.114. The Bertz CT molecular complexity index is 834. The lowest BCUT2D eigenvalue weighted by atomic mass is 10.3. The molecule has 2 rings (SSSR count). The summed E-state index contributed by atoms with van der Waals surface area (Å²) in [7, 11) is -4.30. The molecule has 0 heterocycles. The van der Waals surface area contributed by atoms with Crippen LogP contribution in [0.25, 0.3) is 0 Å². The summed E-state index contributed by atoms with van der Waals surface area (Å²) in [6.45, 7) is 0. The Morgan fingerprint density at radius 1 is 1.09 bits per heavy atom. The maximum atomic E-state index is 12.1. The molecule has 10 heteroatoms. The number of halogens is 2. The van der Waals surface area contributed by atoms with Crippen molar-refractivity contribution in [1.29, 1.82) is 0 Å². The van der Waals surface area contributed by atoms with Crippen LogP contribution in [0.3, 0.4) is 0 Å². The van der Waals surface area contributed by atoms with Crippen LogP contribution in [0.5, 0.6) is 5.75 Å². The fraction of sp³-hybridized carbons (Fsp3) is 0. The van der Waals surface area contributed by atoms with Gasteiger partial charge in [-0.3, -0.25) is 10.1 Å². The molecule has 0 saturated carbocycles. The van der Waals surface area contributed by atoms with Crippen LogP contribution in [-0.4, -0.2) is 13.3 Å². The molecule has 22 heavy (non-hydrogen) atoms. The van der Waals surface area contributed by atoms with Gasteiger partial charge in [-0.2, -0.15) is 8.42 Å². The lowest BCUT2D eigenvalue weighted by Crippen LogP contribution is -2.10. The highest BCUT2D eigenvalue weighted by Gasteiger charge is 2.22. The minimum atomic E-state index is -4.30. The van der Waals surface area contributed by atoms with Crippen molar-refractivity contribution < 1.29 is 17.5 Å². The third-order valence-electron chi connectivity index (χ3n) is 2.53. The highest BCUT2D eigenvalue weighted by molar-refractivity contribution is 7.87. The standard InChI is InChI=1S/C12H8Cl2N2O5S/c13-7-3-8(14)5-9(4-7)21-22(19,20)10-1-2-11(15)12(6-10)16(17)18/h1-6H,15H2. The number of nitrogens with two attached hydrogens (primary N) is 1. The summed E-state index contributed by atoms with van der Waals surface area (Å²) in [4.78, 5) is 9.60. The fourth-order valence-electron chi connectivity index (χ4n) is 1.59. The average molecular weight is 363 g/mol. The molecule has 7 nitrogen and oxygen atoms in total. The third kappa shape index (κ3) is 3.59. The van der Waals surface area contributed by atoms with E-state index in [4.69, 9.17) is 33.1 Å². The van der Waals surface area contributed by atoms with Crippen LogP contribution in [0.15, 0.2) is 41.3 Å². The van der Waals surface area contributed by atoms with E-state index in [9.17, 15) is 18.5 Å². The summed E-state index contributed by atoms with van der Waals surface area (Å²) < 4.78 is 29.1. The summed E-state index contributed by atoms with van der Waals surface area (Å²) in [5, 5.41) is 11.2. The van der Waals surface area contributed by atoms with E-state index in [1.165, 1.54) is 18.2 Å². The summed E-state index contributed by atoms with van der Waals surface area (Å²) in [6.07, 6.45) is 0. The molecule has 0 aliphatic rings. The van der Waals surface area contributed by atoms with Gasteiger partial charge in [-0.25, -0.2) is 0 Å². The largest absolute Gasteiger partial charge is 0.393 e. The lowest BCUT2D eigenvalue weighted by molar-refractivity contribution is -0.384. The second-order valence-electron chi connectivity index (χ2n) is 4.12. The van der Waals surface area contributed by atoms with E-state index >= 15 is 0 Å². The quantitative estimate of drug-likeness (QED) is 0.386. The third-order valence-corrected chi connectivity index (χ3v) is 4.21. The van der Waals surface area contributed by atoms with Gasteiger partial charge in [0.05, 0.1) is 4.92 Å². The molecule has 0 fully saturated rings. The number of hydrogen-bond donors (Lipinski definition) is 1. The second kappa shape index (κ2) is 5.99. The van der Waals surface area contributed by atoms with Crippen LogP contribution in [0.1, 0.15) is 0 Å². The molecule has 0 amide bonds. The Morgan fingerprint density at radius 2 is 1.68 bits per heavy atom. The highest BCUT2D eigenvalue weighted by atomic mass is 35.5. The number of nitro benzene ring substituents is 1. The van der Waals surface area contributed by atoms with Gasteiger partial charge in [-0.15, -0.1) is 0 Å². The second-order valence-corrected chi connectivity index (χ2v) is 6.54. The van der Waals surface area contributed by atoms with Gasteiger partial charge in [0, 0.05) is 28.2 Å². The van der Waals surface area contributed by atoms with Crippen molar-refractivity contribution >= 4 is 44.7 Å². The number of rotatable bonds is 4. The molecule has 116 valence electrons. The van der Waals surface area contributed by atoms with Crippen LogP contribution in [0, 0.1) is 10.1 Å². The zero-order valence-corrected chi connectivity index (χ0v) is 13.0. The smallest absolute Gasteiger partial charge is 0.339 e. The molecule has 0 bridgehead atoms. The maximum absolute atomic E-state index is 12.1. The van der Waals surface area contributed by atoms with Crippen molar-refractivity contribution in [3.05, 3.63) is 56.6 Å². The van der Waals surface area contributed by atoms with E-state index in [0.717, 1.165) is 18.2 Å². The zero-order chi connectivity index (χ0) is 16.5. The molecular formula is C12H8Cl2N2O5S. The maximum Gasteiger partial charge on any atom is 0.339 e. The summed E-state index contributed by atoms with van der Waals surface area (Å²) in [5.41, 5.74) is 4.72.